The summed E-state index contributed by atoms with van der Waals surface area (Å²) in [6.45, 7) is 13.5. The standard InChI is InChI=1S/C16H26N2/c1-11(2)18-7-6-15(10-18)17-16-13(4)8-12(3)9-14(16)5/h8-9,11,15,17H,6-7,10H2,1-5H3. The Hall–Kier alpha value is -1.02. The molecule has 1 aromatic rings. The summed E-state index contributed by atoms with van der Waals surface area (Å²) in [7, 11) is 0. The normalized spacial score (nSPS) is 20.7. The van der Waals surface area contributed by atoms with E-state index in [1.165, 1.54) is 41.9 Å². The zero-order chi connectivity index (χ0) is 13.3. The van der Waals surface area contributed by atoms with Crippen molar-refractivity contribution in [2.75, 3.05) is 18.4 Å². The number of nitrogens with one attached hydrogen (secondary N) is 1. The maximum absolute atomic E-state index is 3.75. The van der Waals surface area contributed by atoms with Crippen molar-refractivity contribution < 1.29 is 0 Å². The van der Waals surface area contributed by atoms with Crippen molar-refractivity contribution in [3.8, 4) is 0 Å². The Morgan fingerprint density at radius 2 is 1.78 bits per heavy atom. The largest absolute Gasteiger partial charge is 0.381 e. The van der Waals surface area contributed by atoms with Crippen molar-refractivity contribution in [1.82, 2.24) is 4.90 Å². The smallest absolute Gasteiger partial charge is 0.0402 e. The van der Waals surface area contributed by atoms with Gasteiger partial charge < -0.3 is 5.32 Å². The molecule has 1 aliphatic heterocycles. The number of aryl methyl sites for hydroxylation is 3. The SMILES string of the molecule is Cc1cc(C)c(NC2CCN(C(C)C)C2)c(C)c1. The first-order valence-corrected chi connectivity index (χ1v) is 7.06. The summed E-state index contributed by atoms with van der Waals surface area (Å²) in [5.74, 6) is 0. The molecule has 0 aliphatic carbocycles. The first-order valence-electron chi connectivity index (χ1n) is 7.06. The second-order valence-electron chi connectivity index (χ2n) is 5.99. The lowest BCUT2D eigenvalue weighted by Crippen LogP contribution is -2.31. The van der Waals surface area contributed by atoms with Gasteiger partial charge in [-0.25, -0.2) is 0 Å². The van der Waals surface area contributed by atoms with Crippen LogP contribution in [0, 0.1) is 20.8 Å². The highest BCUT2D eigenvalue weighted by atomic mass is 15.2. The summed E-state index contributed by atoms with van der Waals surface area (Å²) in [6, 6.07) is 5.80. The summed E-state index contributed by atoms with van der Waals surface area (Å²) in [5, 5.41) is 3.75. The summed E-state index contributed by atoms with van der Waals surface area (Å²) in [6.07, 6.45) is 1.25. The second-order valence-corrected chi connectivity index (χ2v) is 5.99. The van der Waals surface area contributed by atoms with E-state index in [0.29, 0.717) is 12.1 Å². The minimum absolute atomic E-state index is 0.604. The number of likely N-dealkylation sites (tertiary alicyclic amines) is 1. The highest BCUT2D eigenvalue weighted by Crippen LogP contribution is 2.25. The van der Waals surface area contributed by atoms with Crippen LogP contribution < -0.4 is 5.32 Å². The van der Waals surface area contributed by atoms with Crippen LogP contribution in [0.25, 0.3) is 0 Å². The zero-order valence-corrected chi connectivity index (χ0v) is 12.4. The van der Waals surface area contributed by atoms with Crippen LogP contribution in [0.4, 0.5) is 5.69 Å². The number of rotatable bonds is 3. The van der Waals surface area contributed by atoms with Gasteiger partial charge in [0.15, 0.2) is 0 Å². The van der Waals surface area contributed by atoms with Gasteiger partial charge in [0.25, 0.3) is 0 Å². The fourth-order valence-corrected chi connectivity index (χ4v) is 2.99. The molecule has 1 heterocycles. The molecular weight excluding hydrogens is 220 g/mol. The van der Waals surface area contributed by atoms with Crippen LogP contribution in [0.5, 0.6) is 0 Å². The van der Waals surface area contributed by atoms with Crippen LogP contribution in [0.15, 0.2) is 12.1 Å². The van der Waals surface area contributed by atoms with Gasteiger partial charge in [-0.1, -0.05) is 17.7 Å². The summed E-state index contributed by atoms with van der Waals surface area (Å²) in [4.78, 5) is 2.55. The number of nitrogens with zero attached hydrogens (tertiary/aromatic N) is 1. The summed E-state index contributed by atoms with van der Waals surface area (Å²) < 4.78 is 0. The van der Waals surface area contributed by atoms with E-state index < -0.39 is 0 Å². The predicted molar refractivity (Wildman–Crippen MR) is 79.4 cm³/mol. The molecule has 2 rings (SSSR count). The average Bonchev–Trinajstić information content (AvgIpc) is 2.71. The van der Waals surface area contributed by atoms with E-state index in [2.05, 4.69) is 57.0 Å². The first-order chi connectivity index (χ1) is 8.47. The fourth-order valence-electron chi connectivity index (χ4n) is 2.99. The number of hydrogen-bond acceptors (Lipinski definition) is 2. The Morgan fingerprint density at radius 1 is 1.17 bits per heavy atom. The van der Waals surface area contributed by atoms with E-state index >= 15 is 0 Å². The third-order valence-corrected chi connectivity index (χ3v) is 3.98. The van der Waals surface area contributed by atoms with Gasteiger partial charge in [-0.05, 0) is 52.2 Å². The lowest BCUT2D eigenvalue weighted by molar-refractivity contribution is 0.274. The van der Waals surface area contributed by atoms with Crippen molar-refractivity contribution in [3.05, 3.63) is 28.8 Å². The molecule has 1 N–H and O–H groups in total. The Morgan fingerprint density at radius 3 is 2.28 bits per heavy atom. The third-order valence-electron chi connectivity index (χ3n) is 3.98. The Labute approximate surface area is 111 Å². The lowest BCUT2D eigenvalue weighted by Gasteiger charge is -2.22. The number of anilines is 1. The van der Waals surface area contributed by atoms with E-state index in [4.69, 9.17) is 0 Å². The molecule has 0 bridgehead atoms. The van der Waals surface area contributed by atoms with Gasteiger partial charge in [0.05, 0.1) is 0 Å². The first kappa shape index (κ1) is 13.4. The molecule has 2 nitrogen and oxygen atoms in total. The molecule has 0 aromatic heterocycles. The molecule has 1 aliphatic rings. The van der Waals surface area contributed by atoms with Gasteiger partial charge in [-0.2, -0.15) is 0 Å². The van der Waals surface area contributed by atoms with E-state index in [9.17, 15) is 0 Å². The molecule has 18 heavy (non-hydrogen) atoms. The molecule has 2 heteroatoms. The minimum atomic E-state index is 0.604. The molecule has 0 radical (unpaired) electrons. The Bertz CT molecular complexity index is 400. The molecule has 0 amide bonds. The number of hydrogen-bond donors (Lipinski definition) is 1. The van der Waals surface area contributed by atoms with E-state index in [-0.39, 0.29) is 0 Å². The summed E-state index contributed by atoms with van der Waals surface area (Å²) in [5.41, 5.74) is 5.44. The van der Waals surface area contributed by atoms with Crippen LogP contribution >= 0.6 is 0 Å². The maximum Gasteiger partial charge on any atom is 0.0402 e. The van der Waals surface area contributed by atoms with Gasteiger partial charge in [0.2, 0.25) is 0 Å². The van der Waals surface area contributed by atoms with Gasteiger partial charge in [0, 0.05) is 30.9 Å². The molecule has 1 saturated heterocycles. The topological polar surface area (TPSA) is 15.3 Å². The molecule has 100 valence electrons. The van der Waals surface area contributed by atoms with E-state index in [0.717, 1.165) is 0 Å². The maximum atomic E-state index is 3.75. The van der Waals surface area contributed by atoms with Crippen molar-refractivity contribution in [3.63, 3.8) is 0 Å². The molecule has 1 unspecified atom stereocenters. The highest BCUT2D eigenvalue weighted by molar-refractivity contribution is 5.58. The van der Waals surface area contributed by atoms with Crippen LogP contribution in [0.3, 0.4) is 0 Å². The molecular formula is C16H26N2. The molecule has 1 atom stereocenters. The Kier molecular flexibility index (Phi) is 3.96. The predicted octanol–water partition coefficient (Wildman–Crippen LogP) is 3.51. The van der Waals surface area contributed by atoms with E-state index in [1.54, 1.807) is 0 Å². The molecule has 1 fully saturated rings. The molecule has 0 spiro atoms. The van der Waals surface area contributed by atoms with Gasteiger partial charge >= 0.3 is 0 Å². The van der Waals surface area contributed by atoms with E-state index in [1.807, 2.05) is 0 Å². The number of benzene rings is 1. The van der Waals surface area contributed by atoms with Gasteiger partial charge in [0.1, 0.15) is 0 Å². The minimum Gasteiger partial charge on any atom is -0.381 e. The van der Waals surface area contributed by atoms with Crippen molar-refractivity contribution in [1.29, 1.82) is 0 Å². The lowest BCUT2D eigenvalue weighted by atomic mass is 10.0. The third kappa shape index (κ3) is 2.86. The van der Waals surface area contributed by atoms with Gasteiger partial charge in [-0.3, -0.25) is 4.90 Å². The average molecular weight is 246 g/mol. The van der Waals surface area contributed by atoms with Crippen molar-refractivity contribution in [2.45, 2.75) is 53.1 Å². The monoisotopic (exact) mass is 246 g/mol. The van der Waals surface area contributed by atoms with Crippen LogP contribution in [-0.4, -0.2) is 30.1 Å². The molecule has 0 saturated carbocycles. The van der Waals surface area contributed by atoms with Gasteiger partial charge in [-0.15, -0.1) is 0 Å². The van der Waals surface area contributed by atoms with Crippen molar-refractivity contribution >= 4 is 5.69 Å². The second kappa shape index (κ2) is 5.31. The highest BCUT2D eigenvalue weighted by Gasteiger charge is 2.24. The summed E-state index contributed by atoms with van der Waals surface area (Å²) >= 11 is 0. The van der Waals surface area contributed by atoms with Crippen LogP contribution in [0.1, 0.15) is 37.0 Å². The zero-order valence-electron chi connectivity index (χ0n) is 12.4. The van der Waals surface area contributed by atoms with Crippen LogP contribution in [-0.2, 0) is 0 Å². The quantitative estimate of drug-likeness (QED) is 0.878. The fraction of sp³-hybridized carbons (Fsp3) is 0.625. The Balaban J connectivity index is 2.07. The van der Waals surface area contributed by atoms with Crippen LogP contribution in [0.2, 0.25) is 0 Å². The molecule has 1 aromatic carbocycles. The van der Waals surface area contributed by atoms with Crippen molar-refractivity contribution in [2.24, 2.45) is 0 Å².